The maximum absolute atomic E-state index is 11.9. The van der Waals surface area contributed by atoms with E-state index in [4.69, 9.17) is 16.3 Å². The van der Waals surface area contributed by atoms with Crippen molar-refractivity contribution in [1.82, 2.24) is 9.88 Å². The highest BCUT2D eigenvalue weighted by atomic mass is 35.5. The topological polar surface area (TPSA) is 59.5 Å². The number of likely N-dealkylation sites (N-methyl/N-ethyl adjacent to an activating group) is 1. The number of carbonyl (C=O) groups excluding carboxylic acids is 2. The van der Waals surface area contributed by atoms with E-state index in [-0.39, 0.29) is 24.6 Å². The summed E-state index contributed by atoms with van der Waals surface area (Å²) < 4.78 is 4.75. The zero-order valence-corrected chi connectivity index (χ0v) is 10.4. The highest BCUT2D eigenvalue weighted by Gasteiger charge is 2.17. The quantitative estimate of drug-likeness (QED) is 0.764. The third-order valence-electron chi connectivity index (χ3n) is 2.02. The fourth-order valence-corrected chi connectivity index (χ4v) is 1.40. The van der Waals surface area contributed by atoms with E-state index in [1.54, 1.807) is 6.92 Å². The Morgan fingerprint density at radius 2 is 2.24 bits per heavy atom. The maximum atomic E-state index is 11.9. The van der Waals surface area contributed by atoms with E-state index in [1.165, 1.54) is 30.4 Å². The summed E-state index contributed by atoms with van der Waals surface area (Å²) in [4.78, 5) is 28.2. The molecule has 0 atom stereocenters. The molecule has 0 saturated heterocycles. The average molecular weight is 257 g/mol. The van der Waals surface area contributed by atoms with Crippen LogP contribution < -0.4 is 0 Å². The summed E-state index contributed by atoms with van der Waals surface area (Å²) in [6, 6.07) is 1.52. The van der Waals surface area contributed by atoms with Crippen molar-refractivity contribution in [3.8, 4) is 0 Å². The van der Waals surface area contributed by atoms with Crippen LogP contribution in [0.3, 0.4) is 0 Å². The average Bonchev–Trinajstić information content (AvgIpc) is 2.29. The summed E-state index contributed by atoms with van der Waals surface area (Å²) in [5.74, 6) is -0.820. The third kappa shape index (κ3) is 3.71. The Hall–Kier alpha value is -1.62. The lowest BCUT2D eigenvalue weighted by Crippen LogP contribution is -2.33. The summed E-state index contributed by atoms with van der Waals surface area (Å²) in [5, 5.41) is 0.306. The monoisotopic (exact) mass is 256 g/mol. The molecule has 0 bridgehead atoms. The zero-order valence-electron chi connectivity index (χ0n) is 9.64. The van der Waals surface area contributed by atoms with Crippen molar-refractivity contribution in [3.05, 3.63) is 29.0 Å². The van der Waals surface area contributed by atoms with E-state index in [0.29, 0.717) is 5.02 Å². The number of halogens is 1. The molecule has 1 heterocycles. The van der Waals surface area contributed by atoms with Crippen LogP contribution in [0, 0.1) is 0 Å². The molecule has 0 aliphatic carbocycles. The van der Waals surface area contributed by atoms with Crippen LogP contribution in [0.25, 0.3) is 0 Å². The van der Waals surface area contributed by atoms with Gasteiger partial charge in [-0.05, 0) is 13.0 Å². The lowest BCUT2D eigenvalue weighted by molar-refractivity contribution is -0.143. The molecular weight excluding hydrogens is 244 g/mol. The molecule has 0 unspecified atom stereocenters. The minimum atomic E-state index is -0.455. The number of pyridine rings is 1. The van der Waals surface area contributed by atoms with E-state index in [0.717, 1.165) is 0 Å². The van der Waals surface area contributed by atoms with Crippen molar-refractivity contribution in [1.29, 1.82) is 0 Å². The smallest absolute Gasteiger partial charge is 0.325 e. The van der Waals surface area contributed by atoms with Gasteiger partial charge in [0.1, 0.15) is 6.54 Å². The van der Waals surface area contributed by atoms with Gasteiger partial charge < -0.3 is 9.64 Å². The Kier molecular flexibility index (Phi) is 4.90. The second-order valence-electron chi connectivity index (χ2n) is 3.32. The van der Waals surface area contributed by atoms with Gasteiger partial charge in [-0.3, -0.25) is 14.6 Å². The molecule has 1 rings (SSSR count). The molecule has 0 saturated carbocycles. The number of aromatic nitrogens is 1. The van der Waals surface area contributed by atoms with Gasteiger partial charge >= 0.3 is 5.97 Å². The highest BCUT2D eigenvalue weighted by Crippen LogP contribution is 2.15. The lowest BCUT2D eigenvalue weighted by atomic mass is 10.2. The van der Waals surface area contributed by atoms with Gasteiger partial charge in [0.15, 0.2) is 0 Å². The standard InChI is InChI=1S/C11H13ClN2O3/c1-3-17-10(15)7-14(2)11(16)8-6-13-5-4-9(8)12/h4-6H,3,7H2,1-2H3. The molecular formula is C11H13ClN2O3. The van der Waals surface area contributed by atoms with Gasteiger partial charge in [0.2, 0.25) is 0 Å². The van der Waals surface area contributed by atoms with Crippen LogP contribution in [0.1, 0.15) is 17.3 Å². The van der Waals surface area contributed by atoms with Crippen LogP contribution in [-0.2, 0) is 9.53 Å². The molecule has 6 heteroatoms. The molecule has 0 aliphatic heterocycles. The minimum Gasteiger partial charge on any atom is -0.465 e. The van der Waals surface area contributed by atoms with E-state index in [9.17, 15) is 9.59 Å². The summed E-state index contributed by atoms with van der Waals surface area (Å²) in [6.07, 6.45) is 2.86. The van der Waals surface area contributed by atoms with Crippen LogP contribution >= 0.6 is 11.6 Å². The van der Waals surface area contributed by atoms with Crippen molar-refractivity contribution < 1.29 is 14.3 Å². The maximum Gasteiger partial charge on any atom is 0.325 e. The van der Waals surface area contributed by atoms with Gasteiger partial charge in [0, 0.05) is 19.4 Å². The van der Waals surface area contributed by atoms with E-state index < -0.39 is 5.97 Å². The molecule has 0 aliphatic rings. The molecule has 0 radical (unpaired) electrons. The second-order valence-corrected chi connectivity index (χ2v) is 3.73. The van der Waals surface area contributed by atoms with E-state index in [1.807, 2.05) is 0 Å². The molecule has 1 aromatic rings. The summed E-state index contributed by atoms with van der Waals surface area (Å²) in [6.45, 7) is 1.88. The zero-order chi connectivity index (χ0) is 12.8. The molecule has 0 fully saturated rings. The number of hydrogen-bond acceptors (Lipinski definition) is 4. The minimum absolute atomic E-state index is 0.113. The summed E-state index contributed by atoms with van der Waals surface area (Å²) in [5.41, 5.74) is 0.265. The first-order valence-electron chi connectivity index (χ1n) is 5.06. The van der Waals surface area contributed by atoms with Crippen molar-refractivity contribution in [2.45, 2.75) is 6.92 Å². The van der Waals surface area contributed by atoms with Gasteiger partial charge in [-0.2, -0.15) is 0 Å². The highest BCUT2D eigenvalue weighted by molar-refractivity contribution is 6.33. The predicted octanol–water partition coefficient (Wildman–Crippen LogP) is 1.37. The van der Waals surface area contributed by atoms with E-state index in [2.05, 4.69) is 4.98 Å². The van der Waals surface area contributed by atoms with Crippen molar-refractivity contribution in [2.75, 3.05) is 20.2 Å². The van der Waals surface area contributed by atoms with Crippen LogP contribution in [0.2, 0.25) is 5.02 Å². The number of rotatable bonds is 4. The van der Waals surface area contributed by atoms with Crippen LogP contribution in [0.5, 0.6) is 0 Å². The van der Waals surface area contributed by atoms with Crippen LogP contribution in [0.15, 0.2) is 18.5 Å². The normalized spacial score (nSPS) is 9.82. The molecule has 1 aromatic heterocycles. The van der Waals surface area contributed by atoms with Crippen molar-refractivity contribution in [3.63, 3.8) is 0 Å². The first-order valence-corrected chi connectivity index (χ1v) is 5.44. The molecule has 0 aromatic carbocycles. The number of hydrogen-bond donors (Lipinski definition) is 0. The second kappa shape index (κ2) is 6.20. The molecule has 5 nitrogen and oxygen atoms in total. The van der Waals surface area contributed by atoms with Gasteiger partial charge in [-0.1, -0.05) is 11.6 Å². The molecule has 17 heavy (non-hydrogen) atoms. The Balaban J connectivity index is 2.70. The SMILES string of the molecule is CCOC(=O)CN(C)C(=O)c1cnccc1Cl. The fraction of sp³-hybridized carbons (Fsp3) is 0.364. The van der Waals surface area contributed by atoms with Crippen molar-refractivity contribution >= 4 is 23.5 Å². The number of nitrogens with zero attached hydrogens (tertiary/aromatic N) is 2. The van der Waals surface area contributed by atoms with Gasteiger partial charge in [0.05, 0.1) is 17.2 Å². The largest absolute Gasteiger partial charge is 0.465 e. The van der Waals surface area contributed by atoms with Crippen molar-refractivity contribution in [2.24, 2.45) is 0 Å². The number of esters is 1. The summed E-state index contributed by atoms with van der Waals surface area (Å²) in [7, 11) is 1.50. The third-order valence-corrected chi connectivity index (χ3v) is 2.35. The summed E-state index contributed by atoms with van der Waals surface area (Å²) >= 11 is 5.86. The van der Waals surface area contributed by atoms with Gasteiger partial charge in [-0.25, -0.2) is 0 Å². The molecule has 0 spiro atoms. The van der Waals surface area contributed by atoms with Crippen LogP contribution in [0.4, 0.5) is 0 Å². The Labute approximate surface area is 104 Å². The molecule has 92 valence electrons. The fourth-order valence-electron chi connectivity index (χ4n) is 1.21. The first-order chi connectivity index (χ1) is 8.06. The molecule has 1 amide bonds. The number of amides is 1. The van der Waals surface area contributed by atoms with Gasteiger partial charge in [-0.15, -0.1) is 0 Å². The lowest BCUT2D eigenvalue weighted by Gasteiger charge is -2.16. The Bertz CT molecular complexity index is 423. The first kappa shape index (κ1) is 13.4. The Morgan fingerprint density at radius 1 is 1.53 bits per heavy atom. The number of ether oxygens (including phenoxy) is 1. The van der Waals surface area contributed by atoms with E-state index >= 15 is 0 Å². The number of carbonyl (C=O) groups is 2. The Morgan fingerprint density at radius 3 is 2.82 bits per heavy atom. The van der Waals surface area contributed by atoms with Crippen LogP contribution in [-0.4, -0.2) is 42.0 Å². The van der Waals surface area contributed by atoms with Gasteiger partial charge in [0.25, 0.3) is 5.91 Å². The predicted molar refractivity (Wildman–Crippen MR) is 62.8 cm³/mol. The molecule has 0 N–H and O–H groups in total.